The van der Waals surface area contributed by atoms with Gasteiger partial charge < -0.3 is 15.0 Å². The molecule has 3 rings (SSSR count). The van der Waals surface area contributed by atoms with Gasteiger partial charge in [-0.2, -0.15) is 0 Å². The van der Waals surface area contributed by atoms with E-state index in [0.717, 1.165) is 24.3 Å². The van der Waals surface area contributed by atoms with E-state index >= 15 is 0 Å². The number of nitrogens with zero attached hydrogens (tertiary/aromatic N) is 4. The molecule has 8 nitrogen and oxygen atoms in total. The number of aromatic nitrogens is 2. The van der Waals surface area contributed by atoms with Crippen LogP contribution in [0, 0.1) is 10.1 Å². The van der Waals surface area contributed by atoms with Crippen LogP contribution in [0.5, 0.6) is 5.75 Å². The van der Waals surface area contributed by atoms with E-state index in [1.807, 2.05) is 42.5 Å². The normalized spacial score (nSPS) is 10.4. The Morgan fingerprint density at radius 2 is 1.83 bits per heavy atom. The van der Waals surface area contributed by atoms with Gasteiger partial charge in [0.25, 0.3) is 0 Å². The lowest BCUT2D eigenvalue weighted by Crippen LogP contribution is -2.15. The van der Waals surface area contributed by atoms with Crippen LogP contribution in [0.1, 0.15) is 19.8 Å². The topological polar surface area (TPSA) is 93.4 Å². The summed E-state index contributed by atoms with van der Waals surface area (Å²) >= 11 is 0. The van der Waals surface area contributed by atoms with Gasteiger partial charge in [-0.1, -0.05) is 31.5 Å². The molecule has 0 bridgehead atoms. The zero-order chi connectivity index (χ0) is 20.6. The fraction of sp³-hybridized carbons (Fsp3) is 0.238. The van der Waals surface area contributed by atoms with E-state index in [9.17, 15) is 10.1 Å². The van der Waals surface area contributed by atoms with Gasteiger partial charge in [-0.25, -0.2) is 9.97 Å². The maximum absolute atomic E-state index is 11.8. The van der Waals surface area contributed by atoms with Crippen molar-refractivity contribution < 1.29 is 9.66 Å². The summed E-state index contributed by atoms with van der Waals surface area (Å²) in [4.78, 5) is 21.2. The minimum absolute atomic E-state index is 0.127. The molecular weight excluding hydrogens is 370 g/mol. The summed E-state index contributed by atoms with van der Waals surface area (Å²) in [6.07, 6.45) is 3.37. The second kappa shape index (κ2) is 9.50. The zero-order valence-corrected chi connectivity index (χ0v) is 16.4. The molecule has 0 aliphatic heterocycles. The van der Waals surface area contributed by atoms with E-state index in [0.29, 0.717) is 12.3 Å². The fourth-order valence-corrected chi connectivity index (χ4v) is 2.75. The number of benzene rings is 2. The first-order valence-corrected chi connectivity index (χ1v) is 9.38. The Balaban J connectivity index is 1.85. The Morgan fingerprint density at radius 1 is 1.10 bits per heavy atom. The molecule has 0 fully saturated rings. The largest absolute Gasteiger partial charge is 0.494 e. The smallest absolute Gasteiger partial charge is 0.354 e. The summed E-state index contributed by atoms with van der Waals surface area (Å²) < 4.78 is 5.64. The van der Waals surface area contributed by atoms with Crippen molar-refractivity contribution in [3.63, 3.8) is 0 Å². The molecule has 0 unspecified atom stereocenters. The Kier molecular flexibility index (Phi) is 6.57. The molecular formula is C21H23N5O3. The van der Waals surface area contributed by atoms with Gasteiger partial charge in [-0.3, -0.25) is 10.1 Å². The number of ether oxygens (including phenoxy) is 1. The van der Waals surface area contributed by atoms with E-state index in [2.05, 4.69) is 22.2 Å². The number of rotatable bonds is 9. The Labute approximate surface area is 169 Å². The maximum Gasteiger partial charge on any atom is 0.354 e. The Hall–Kier alpha value is -3.68. The van der Waals surface area contributed by atoms with E-state index in [1.54, 1.807) is 24.1 Å². The summed E-state index contributed by atoms with van der Waals surface area (Å²) in [5.74, 6) is 1.09. The maximum atomic E-state index is 11.8. The van der Waals surface area contributed by atoms with Crippen LogP contribution in [0.15, 0.2) is 60.9 Å². The second-order valence-electron chi connectivity index (χ2n) is 6.40. The highest BCUT2D eigenvalue weighted by atomic mass is 16.6. The average molecular weight is 393 g/mol. The molecule has 0 saturated heterocycles. The van der Waals surface area contributed by atoms with Gasteiger partial charge in [0.05, 0.1) is 11.5 Å². The van der Waals surface area contributed by atoms with E-state index in [-0.39, 0.29) is 17.3 Å². The third-order valence-corrected chi connectivity index (χ3v) is 4.33. The van der Waals surface area contributed by atoms with Crippen LogP contribution in [0.2, 0.25) is 0 Å². The van der Waals surface area contributed by atoms with Gasteiger partial charge in [-0.15, -0.1) is 0 Å². The third-order valence-electron chi connectivity index (χ3n) is 4.33. The minimum atomic E-state index is -0.473. The number of nitrogens with one attached hydrogen (secondary N) is 1. The van der Waals surface area contributed by atoms with Gasteiger partial charge in [0.15, 0.2) is 0 Å². The minimum Gasteiger partial charge on any atom is -0.494 e. The standard InChI is InChI=1S/C21H23N5O3/c1-3-4-14-29-18-12-10-16(11-13-18)24-20-19(26(27)28)21(23-15-22-20)25(2)17-8-6-5-7-9-17/h5-13,15H,3-4,14H2,1-2H3,(H,22,23,24). The van der Waals surface area contributed by atoms with Crippen LogP contribution in [0.3, 0.4) is 0 Å². The lowest BCUT2D eigenvalue weighted by Gasteiger charge is -2.18. The first-order valence-electron chi connectivity index (χ1n) is 9.38. The molecule has 1 heterocycles. The molecule has 29 heavy (non-hydrogen) atoms. The van der Waals surface area contributed by atoms with Crippen molar-refractivity contribution in [3.05, 3.63) is 71.0 Å². The molecule has 0 aliphatic carbocycles. The molecule has 0 radical (unpaired) electrons. The van der Waals surface area contributed by atoms with Crippen LogP contribution < -0.4 is 15.0 Å². The highest BCUT2D eigenvalue weighted by molar-refractivity contribution is 5.77. The van der Waals surface area contributed by atoms with Gasteiger partial charge in [-0.05, 0) is 42.8 Å². The van der Waals surface area contributed by atoms with E-state index in [4.69, 9.17) is 4.74 Å². The molecule has 3 aromatic rings. The highest BCUT2D eigenvalue weighted by Crippen LogP contribution is 2.36. The average Bonchev–Trinajstić information content (AvgIpc) is 2.75. The van der Waals surface area contributed by atoms with E-state index < -0.39 is 4.92 Å². The predicted molar refractivity (Wildman–Crippen MR) is 113 cm³/mol. The molecule has 0 atom stereocenters. The van der Waals surface area contributed by atoms with Gasteiger partial charge >= 0.3 is 5.69 Å². The number of nitro groups is 1. The van der Waals surface area contributed by atoms with Crippen molar-refractivity contribution in [2.75, 3.05) is 23.9 Å². The zero-order valence-electron chi connectivity index (χ0n) is 16.4. The number of hydrogen-bond acceptors (Lipinski definition) is 7. The molecule has 0 spiro atoms. The summed E-state index contributed by atoms with van der Waals surface area (Å²) in [7, 11) is 1.73. The fourth-order valence-electron chi connectivity index (χ4n) is 2.75. The highest BCUT2D eigenvalue weighted by Gasteiger charge is 2.26. The van der Waals surface area contributed by atoms with Crippen molar-refractivity contribution in [1.82, 2.24) is 9.97 Å². The van der Waals surface area contributed by atoms with Crippen LogP contribution in [0.4, 0.5) is 28.7 Å². The van der Waals surface area contributed by atoms with Crippen molar-refractivity contribution in [1.29, 1.82) is 0 Å². The quantitative estimate of drug-likeness (QED) is 0.308. The van der Waals surface area contributed by atoms with Crippen LogP contribution in [-0.2, 0) is 0 Å². The molecule has 1 aromatic heterocycles. The summed E-state index contributed by atoms with van der Waals surface area (Å²) in [5.41, 5.74) is 1.26. The number of para-hydroxylation sites is 1. The Bertz CT molecular complexity index is 948. The SMILES string of the molecule is CCCCOc1ccc(Nc2ncnc(N(C)c3ccccc3)c2[N+](=O)[O-])cc1. The van der Waals surface area contributed by atoms with Crippen molar-refractivity contribution in [3.8, 4) is 5.75 Å². The molecule has 0 amide bonds. The van der Waals surface area contributed by atoms with Crippen LogP contribution in [0.25, 0.3) is 0 Å². The van der Waals surface area contributed by atoms with Gasteiger partial charge in [0.2, 0.25) is 11.6 Å². The van der Waals surface area contributed by atoms with Gasteiger partial charge in [0.1, 0.15) is 12.1 Å². The number of hydrogen-bond donors (Lipinski definition) is 1. The molecule has 150 valence electrons. The first-order chi connectivity index (χ1) is 14.1. The van der Waals surface area contributed by atoms with E-state index in [1.165, 1.54) is 6.33 Å². The van der Waals surface area contributed by atoms with Crippen molar-refractivity contribution in [2.24, 2.45) is 0 Å². The second-order valence-corrected chi connectivity index (χ2v) is 6.40. The third kappa shape index (κ3) is 4.98. The summed E-state index contributed by atoms with van der Waals surface area (Å²) in [5, 5.41) is 14.8. The molecule has 0 saturated carbocycles. The summed E-state index contributed by atoms with van der Waals surface area (Å²) in [6, 6.07) is 16.6. The monoisotopic (exact) mass is 393 g/mol. The lowest BCUT2D eigenvalue weighted by molar-refractivity contribution is -0.383. The van der Waals surface area contributed by atoms with Gasteiger partial charge in [0, 0.05) is 18.4 Å². The van der Waals surface area contributed by atoms with Crippen molar-refractivity contribution >= 4 is 28.7 Å². The van der Waals surface area contributed by atoms with Crippen LogP contribution in [-0.4, -0.2) is 28.5 Å². The molecule has 0 aliphatic rings. The molecule has 1 N–H and O–H groups in total. The number of unbranched alkanes of at least 4 members (excludes halogenated alkanes) is 1. The Morgan fingerprint density at radius 3 is 2.48 bits per heavy atom. The summed E-state index contributed by atoms with van der Waals surface area (Å²) in [6.45, 7) is 2.77. The molecule has 2 aromatic carbocycles. The lowest BCUT2D eigenvalue weighted by atomic mass is 10.2. The molecule has 8 heteroatoms. The first kappa shape index (κ1) is 20.1. The van der Waals surface area contributed by atoms with Crippen molar-refractivity contribution in [2.45, 2.75) is 19.8 Å². The van der Waals surface area contributed by atoms with Crippen LogP contribution >= 0.6 is 0 Å². The predicted octanol–water partition coefficient (Wildman–Crippen LogP) is 5.08. The number of anilines is 4.